The third kappa shape index (κ3) is 1.61. The highest BCUT2D eigenvalue weighted by Crippen LogP contribution is 2.39. The molecule has 1 aliphatic rings. The van der Waals surface area contributed by atoms with Crippen LogP contribution >= 0.6 is 0 Å². The van der Waals surface area contributed by atoms with Gasteiger partial charge in [0.25, 0.3) is 0 Å². The number of phenols is 1. The Morgan fingerprint density at radius 1 is 0.824 bits per heavy atom. The van der Waals surface area contributed by atoms with Crippen molar-refractivity contribution in [1.29, 1.82) is 0 Å². The van der Waals surface area contributed by atoms with E-state index in [1.165, 1.54) is 11.1 Å². The van der Waals surface area contributed by atoms with Crippen LogP contribution in [0, 0.1) is 0 Å². The van der Waals surface area contributed by atoms with Crippen molar-refractivity contribution >= 4 is 0 Å². The maximum Gasteiger partial charge on any atom is 0.115 e. The number of ether oxygens (including phenoxy) is 1. The van der Waals surface area contributed by atoms with Gasteiger partial charge in [-0.25, -0.2) is 0 Å². The first-order chi connectivity index (χ1) is 8.31. The Labute approximate surface area is 100 Å². The Morgan fingerprint density at radius 2 is 1.41 bits per heavy atom. The zero-order valence-corrected chi connectivity index (χ0v) is 9.47. The number of rotatable bonds is 2. The summed E-state index contributed by atoms with van der Waals surface area (Å²) in [4.78, 5) is 0. The lowest BCUT2D eigenvalue weighted by Crippen LogP contribution is -2.47. The van der Waals surface area contributed by atoms with Crippen LogP contribution in [0.15, 0.2) is 54.6 Å². The summed E-state index contributed by atoms with van der Waals surface area (Å²) < 4.78 is 5.41. The van der Waals surface area contributed by atoms with Gasteiger partial charge in [0.2, 0.25) is 0 Å². The van der Waals surface area contributed by atoms with Crippen molar-refractivity contribution in [1.82, 2.24) is 0 Å². The third-order valence-corrected chi connectivity index (χ3v) is 3.44. The molecule has 0 bridgehead atoms. The number of phenolic OH excluding ortho intramolecular Hbond substituents is 1. The van der Waals surface area contributed by atoms with Gasteiger partial charge in [0.05, 0.1) is 18.6 Å². The van der Waals surface area contributed by atoms with E-state index in [0.717, 1.165) is 0 Å². The zero-order valence-electron chi connectivity index (χ0n) is 9.47. The second-order valence-corrected chi connectivity index (χ2v) is 4.49. The maximum absolute atomic E-state index is 9.35. The van der Waals surface area contributed by atoms with Gasteiger partial charge in [-0.3, -0.25) is 0 Å². The Balaban J connectivity index is 2.06. The third-order valence-electron chi connectivity index (χ3n) is 3.44. The molecule has 0 saturated carbocycles. The van der Waals surface area contributed by atoms with E-state index in [0.29, 0.717) is 19.0 Å². The van der Waals surface area contributed by atoms with Gasteiger partial charge in [-0.2, -0.15) is 0 Å². The van der Waals surface area contributed by atoms with Crippen LogP contribution in [0.4, 0.5) is 0 Å². The van der Waals surface area contributed by atoms with E-state index in [-0.39, 0.29) is 5.41 Å². The number of aromatic hydroxyl groups is 1. The normalized spacial score (nSPS) is 17.4. The second-order valence-electron chi connectivity index (χ2n) is 4.49. The molecule has 0 spiro atoms. The minimum Gasteiger partial charge on any atom is -0.508 e. The molecule has 1 heterocycles. The molecule has 0 aromatic heterocycles. The van der Waals surface area contributed by atoms with Gasteiger partial charge in [0.1, 0.15) is 5.75 Å². The van der Waals surface area contributed by atoms with E-state index in [2.05, 4.69) is 24.3 Å². The van der Waals surface area contributed by atoms with E-state index in [1.807, 2.05) is 18.2 Å². The van der Waals surface area contributed by atoms with Crippen LogP contribution < -0.4 is 0 Å². The van der Waals surface area contributed by atoms with Crippen LogP contribution in [-0.2, 0) is 10.2 Å². The molecule has 1 N–H and O–H groups in total. The van der Waals surface area contributed by atoms with Crippen LogP contribution in [0.25, 0.3) is 0 Å². The average molecular weight is 226 g/mol. The Kier molecular flexibility index (Phi) is 2.37. The lowest BCUT2D eigenvalue weighted by atomic mass is 9.73. The largest absolute Gasteiger partial charge is 0.508 e. The first-order valence-corrected chi connectivity index (χ1v) is 5.74. The van der Waals surface area contributed by atoms with Gasteiger partial charge in [0, 0.05) is 0 Å². The van der Waals surface area contributed by atoms with Gasteiger partial charge in [0.15, 0.2) is 0 Å². The molecule has 1 aliphatic heterocycles. The van der Waals surface area contributed by atoms with Crippen LogP contribution in [0.1, 0.15) is 11.1 Å². The first kappa shape index (κ1) is 10.4. The lowest BCUT2D eigenvalue weighted by molar-refractivity contribution is -0.0380. The molecular weight excluding hydrogens is 212 g/mol. The SMILES string of the molecule is Oc1ccc(C2(c3ccccc3)COC2)cc1. The summed E-state index contributed by atoms with van der Waals surface area (Å²) in [5, 5.41) is 9.35. The van der Waals surface area contributed by atoms with Crippen LogP contribution in [0.2, 0.25) is 0 Å². The van der Waals surface area contributed by atoms with Crippen molar-refractivity contribution in [3.05, 3.63) is 65.7 Å². The molecule has 1 fully saturated rings. The fraction of sp³-hybridized carbons (Fsp3) is 0.200. The standard InChI is InChI=1S/C15H14O2/c16-14-8-6-13(7-9-14)15(10-17-11-15)12-4-2-1-3-5-12/h1-9,16H,10-11H2. The zero-order chi connectivity index (χ0) is 11.7. The smallest absolute Gasteiger partial charge is 0.115 e. The second kappa shape index (κ2) is 3.90. The minimum atomic E-state index is -0.0328. The Bertz CT molecular complexity index is 498. The van der Waals surface area contributed by atoms with Gasteiger partial charge in [-0.1, -0.05) is 42.5 Å². The summed E-state index contributed by atoms with van der Waals surface area (Å²) in [5.41, 5.74) is 2.44. The summed E-state index contributed by atoms with van der Waals surface area (Å²) >= 11 is 0. The van der Waals surface area contributed by atoms with Gasteiger partial charge >= 0.3 is 0 Å². The van der Waals surface area contributed by atoms with Crippen LogP contribution in [-0.4, -0.2) is 18.3 Å². The van der Waals surface area contributed by atoms with Crippen molar-refractivity contribution in [2.45, 2.75) is 5.41 Å². The summed E-state index contributed by atoms with van der Waals surface area (Å²) in [6.45, 7) is 1.42. The molecule has 0 unspecified atom stereocenters. The number of benzene rings is 2. The summed E-state index contributed by atoms with van der Waals surface area (Å²) in [6, 6.07) is 17.8. The lowest BCUT2D eigenvalue weighted by Gasteiger charge is -2.42. The summed E-state index contributed by atoms with van der Waals surface area (Å²) in [5.74, 6) is 0.303. The monoisotopic (exact) mass is 226 g/mol. The van der Waals surface area contributed by atoms with Crippen molar-refractivity contribution in [2.24, 2.45) is 0 Å². The molecule has 2 nitrogen and oxygen atoms in total. The molecule has 0 radical (unpaired) electrons. The molecule has 2 aromatic carbocycles. The molecule has 2 aromatic rings. The molecule has 0 amide bonds. The predicted molar refractivity (Wildman–Crippen MR) is 66.1 cm³/mol. The van der Waals surface area contributed by atoms with E-state index >= 15 is 0 Å². The average Bonchev–Trinajstić information content (AvgIpc) is 2.32. The number of hydrogen-bond acceptors (Lipinski definition) is 2. The highest BCUT2D eigenvalue weighted by molar-refractivity contribution is 5.43. The molecule has 0 aliphatic carbocycles. The van der Waals surface area contributed by atoms with Crippen LogP contribution in [0.5, 0.6) is 5.75 Å². The van der Waals surface area contributed by atoms with Crippen molar-refractivity contribution < 1.29 is 9.84 Å². The summed E-state index contributed by atoms with van der Waals surface area (Å²) in [6.07, 6.45) is 0. The van der Waals surface area contributed by atoms with E-state index in [1.54, 1.807) is 12.1 Å². The van der Waals surface area contributed by atoms with E-state index in [9.17, 15) is 5.11 Å². The molecule has 17 heavy (non-hydrogen) atoms. The predicted octanol–water partition coefficient (Wildman–Crippen LogP) is 2.71. The van der Waals surface area contributed by atoms with E-state index < -0.39 is 0 Å². The van der Waals surface area contributed by atoms with Crippen molar-refractivity contribution in [3.63, 3.8) is 0 Å². The first-order valence-electron chi connectivity index (χ1n) is 5.74. The summed E-state index contributed by atoms with van der Waals surface area (Å²) in [7, 11) is 0. The van der Waals surface area contributed by atoms with Crippen LogP contribution in [0.3, 0.4) is 0 Å². The fourth-order valence-corrected chi connectivity index (χ4v) is 2.34. The van der Waals surface area contributed by atoms with Crippen molar-refractivity contribution in [3.8, 4) is 5.75 Å². The Morgan fingerprint density at radius 3 is 1.94 bits per heavy atom. The molecular formula is C15H14O2. The topological polar surface area (TPSA) is 29.5 Å². The van der Waals surface area contributed by atoms with Gasteiger partial charge in [-0.05, 0) is 23.3 Å². The Hall–Kier alpha value is -1.80. The molecule has 3 rings (SSSR count). The van der Waals surface area contributed by atoms with Gasteiger partial charge < -0.3 is 9.84 Å². The van der Waals surface area contributed by atoms with E-state index in [4.69, 9.17) is 4.74 Å². The van der Waals surface area contributed by atoms with Crippen molar-refractivity contribution in [2.75, 3.05) is 13.2 Å². The molecule has 1 saturated heterocycles. The fourth-order valence-electron chi connectivity index (χ4n) is 2.34. The minimum absolute atomic E-state index is 0.0328. The highest BCUT2D eigenvalue weighted by Gasteiger charge is 2.41. The van der Waals surface area contributed by atoms with Gasteiger partial charge in [-0.15, -0.1) is 0 Å². The number of hydrogen-bond donors (Lipinski definition) is 1. The quantitative estimate of drug-likeness (QED) is 0.853. The molecule has 2 heteroatoms. The molecule has 0 atom stereocenters. The molecule has 86 valence electrons. The highest BCUT2D eigenvalue weighted by atomic mass is 16.5. The maximum atomic E-state index is 9.35.